The number of nitrogens with zero attached hydrogens (tertiary/aromatic N) is 1. The largest absolute Gasteiger partial charge is 0.370 e. The molecular formula is C14H24IN3. The van der Waals surface area contributed by atoms with Crippen molar-refractivity contribution in [1.82, 2.24) is 5.32 Å². The normalized spacial score (nSPS) is 10.8. The quantitative estimate of drug-likeness (QED) is 0.340. The maximum atomic E-state index is 5.73. The molecular weight excluding hydrogens is 337 g/mol. The molecule has 0 saturated carbocycles. The summed E-state index contributed by atoms with van der Waals surface area (Å²) in [5.74, 6) is 0.575. The highest BCUT2D eigenvalue weighted by atomic mass is 127. The Labute approximate surface area is 127 Å². The Balaban J connectivity index is 0.00000289. The molecule has 0 heterocycles. The second-order valence-electron chi connectivity index (χ2n) is 4.14. The predicted molar refractivity (Wildman–Crippen MR) is 89.6 cm³/mol. The molecule has 0 unspecified atom stereocenters. The molecule has 0 saturated heterocycles. The summed E-state index contributed by atoms with van der Waals surface area (Å²) in [5.41, 5.74) is 7.09. The number of aliphatic imine (C=N–C) groups is 1. The average molecular weight is 361 g/mol. The van der Waals surface area contributed by atoms with Crippen LogP contribution in [0.1, 0.15) is 31.7 Å². The van der Waals surface area contributed by atoms with Crippen molar-refractivity contribution < 1.29 is 0 Å². The molecule has 3 nitrogen and oxygen atoms in total. The van der Waals surface area contributed by atoms with Crippen molar-refractivity contribution in [3.8, 4) is 0 Å². The number of rotatable bonds is 7. The summed E-state index contributed by atoms with van der Waals surface area (Å²) in [6.45, 7) is 3.87. The van der Waals surface area contributed by atoms with E-state index in [1.807, 2.05) is 6.07 Å². The van der Waals surface area contributed by atoms with Gasteiger partial charge in [0, 0.05) is 13.1 Å². The maximum absolute atomic E-state index is 5.73. The number of hydrogen-bond donors (Lipinski definition) is 2. The van der Waals surface area contributed by atoms with Gasteiger partial charge >= 0.3 is 0 Å². The van der Waals surface area contributed by atoms with Gasteiger partial charge in [-0.2, -0.15) is 0 Å². The Morgan fingerprint density at radius 3 is 2.61 bits per heavy atom. The Morgan fingerprint density at radius 1 is 1.22 bits per heavy atom. The summed E-state index contributed by atoms with van der Waals surface area (Å²) >= 11 is 0. The van der Waals surface area contributed by atoms with Crippen molar-refractivity contribution in [2.24, 2.45) is 10.7 Å². The molecule has 0 spiro atoms. The molecule has 102 valence electrons. The fraction of sp³-hybridized carbons (Fsp3) is 0.500. The highest BCUT2D eigenvalue weighted by Crippen LogP contribution is 2.01. The Hall–Kier alpha value is -0.780. The van der Waals surface area contributed by atoms with E-state index in [-0.39, 0.29) is 24.0 Å². The van der Waals surface area contributed by atoms with Crippen molar-refractivity contribution in [1.29, 1.82) is 0 Å². The lowest BCUT2D eigenvalue weighted by Crippen LogP contribution is -2.32. The monoisotopic (exact) mass is 361 g/mol. The van der Waals surface area contributed by atoms with E-state index in [4.69, 9.17) is 5.73 Å². The third-order valence-corrected chi connectivity index (χ3v) is 2.58. The summed E-state index contributed by atoms with van der Waals surface area (Å²) in [6.07, 6.45) is 4.42. The molecule has 0 aliphatic rings. The van der Waals surface area contributed by atoms with Crippen LogP contribution in [0.3, 0.4) is 0 Å². The standard InChI is InChI=1S/C14H23N3.HI/c1-2-3-11-16-14(15)17-12-7-10-13-8-5-4-6-9-13;/h4-6,8-9H,2-3,7,10-12H2,1H3,(H3,15,16,17);1H. The van der Waals surface area contributed by atoms with Gasteiger partial charge in [0.2, 0.25) is 0 Å². The summed E-state index contributed by atoms with van der Waals surface area (Å²) < 4.78 is 0. The molecule has 0 aliphatic carbocycles. The second kappa shape index (κ2) is 11.3. The minimum Gasteiger partial charge on any atom is -0.370 e. The number of nitrogens with two attached hydrogens (primary N) is 1. The molecule has 1 aromatic carbocycles. The topological polar surface area (TPSA) is 50.4 Å². The van der Waals surface area contributed by atoms with Crippen LogP contribution in [-0.2, 0) is 6.42 Å². The van der Waals surface area contributed by atoms with Crippen LogP contribution in [0.4, 0.5) is 0 Å². The van der Waals surface area contributed by atoms with Gasteiger partial charge in [0.25, 0.3) is 0 Å². The minimum absolute atomic E-state index is 0. The van der Waals surface area contributed by atoms with Crippen LogP contribution in [0.5, 0.6) is 0 Å². The highest BCUT2D eigenvalue weighted by molar-refractivity contribution is 14.0. The lowest BCUT2D eigenvalue weighted by Gasteiger charge is -2.04. The van der Waals surface area contributed by atoms with Crippen molar-refractivity contribution in [2.45, 2.75) is 32.6 Å². The Morgan fingerprint density at radius 2 is 1.94 bits per heavy atom. The molecule has 18 heavy (non-hydrogen) atoms. The first-order valence-corrected chi connectivity index (χ1v) is 6.40. The summed E-state index contributed by atoms with van der Waals surface area (Å²) in [4.78, 5) is 4.29. The first-order chi connectivity index (χ1) is 8.33. The van der Waals surface area contributed by atoms with Gasteiger partial charge in [0.1, 0.15) is 0 Å². The predicted octanol–water partition coefficient (Wildman–Crippen LogP) is 2.94. The number of hydrogen-bond acceptors (Lipinski definition) is 1. The van der Waals surface area contributed by atoms with Crippen molar-refractivity contribution in [2.75, 3.05) is 13.1 Å². The SMILES string of the molecule is CCCCNC(N)=NCCCc1ccccc1.I. The lowest BCUT2D eigenvalue weighted by atomic mass is 10.1. The molecule has 3 N–H and O–H groups in total. The van der Waals surface area contributed by atoms with E-state index in [9.17, 15) is 0 Å². The van der Waals surface area contributed by atoms with Gasteiger partial charge in [0.15, 0.2) is 5.96 Å². The highest BCUT2D eigenvalue weighted by Gasteiger charge is 1.92. The number of guanidine groups is 1. The van der Waals surface area contributed by atoms with E-state index in [0.29, 0.717) is 5.96 Å². The molecule has 0 fully saturated rings. The molecule has 0 amide bonds. The number of nitrogens with one attached hydrogen (secondary N) is 1. The van der Waals surface area contributed by atoms with Gasteiger partial charge in [-0.1, -0.05) is 43.7 Å². The van der Waals surface area contributed by atoms with E-state index in [1.165, 1.54) is 12.0 Å². The van der Waals surface area contributed by atoms with E-state index >= 15 is 0 Å². The zero-order chi connectivity index (χ0) is 12.3. The van der Waals surface area contributed by atoms with Crippen molar-refractivity contribution >= 4 is 29.9 Å². The third kappa shape index (κ3) is 8.33. The molecule has 0 radical (unpaired) electrons. The zero-order valence-corrected chi connectivity index (χ0v) is 13.4. The molecule has 1 aromatic rings. The first-order valence-electron chi connectivity index (χ1n) is 6.40. The lowest BCUT2D eigenvalue weighted by molar-refractivity contribution is 0.744. The van der Waals surface area contributed by atoms with Gasteiger partial charge in [-0.05, 0) is 24.8 Å². The van der Waals surface area contributed by atoms with Crippen LogP contribution in [0, 0.1) is 0 Å². The van der Waals surface area contributed by atoms with Crippen LogP contribution in [0.2, 0.25) is 0 Å². The van der Waals surface area contributed by atoms with Gasteiger partial charge < -0.3 is 11.1 Å². The fourth-order valence-electron chi connectivity index (χ4n) is 1.58. The molecule has 0 aliphatic heterocycles. The van der Waals surface area contributed by atoms with E-state index in [1.54, 1.807) is 0 Å². The number of unbranched alkanes of at least 4 members (excludes halogenated alkanes) is 1. The fourth-order valence-corrected chi connectivity index (χ4v) is 1.58. The molecule has 4 heteroatoms. The summed E-state index contributed by atoms with van der Waals surface area (Å²) in [6, 6.07) is 10.5. The third-order valence-electron chi connectivity index (χ3n) is 2.58. The van der Waals surface area contributed by atoms with Crippen LogP contribution >= 0.6 is 24.0 Å². The van der Waals surface area contributed by atoms with Crippen LogP contribution in [-0.4, -0.2) is 19.0 Å². The number of halogens is 1. The Kier molecular flexibility index (Phi) is 10.8. The smallest absolute Gasteiger partial charge is 0.188 e. The molecule has 1 rings (SSSR count). The van der Waals surface area contributed by atoms with Crippen molar-refractivity contribution in [3.63, 3.8) is 0 Å². The van der Waals surface area contributed by atoms with E-state index < -0.39 is 0 Å². The van der Waals surface area contributed by atoms with Gasteiger partial charge in [-0.15, -0.1) is 24.0 Å². The average Bonchev–Trinajstić information content (AvgIpc) is 2.36. The van der Waals surface area contributed by atoms with Gasteiger partial charge in [0.05, 0.1) is 0 Å². The summed E-state index contributed by atoms with van der Waals surface area (Å²) in [7, 11) is 0. The molecule has 0 aromatic heterocycles. The maximum Gasteiger partial charge on any atom is 0.188 e. The van der Waals surface area contributed by atoms with Crippen LogP contribution < -0.4 is 11.1 Å². The van der Waals surface area contributed by atoms with Gasteiger partial charge in [-0.25, -0.2) is 0 Å². The second-order valence-corrected chi connectivity index (χ2v) is 4.14. The summed E-state index contributed by atoms with van der Waals surface area (Å²) in [5, 5.41) is 3.11. The number of aryl methyl sites for hydroxylation is 1. The molecule has 0 bridgehead atoms. The van der Waals surface area contributed by atoms with E-state index in [2.05, 4.69) is 41.5 Å². The first kappa shape index (κ1) is 17.2. The Bertz CT molecular complexity index is 325. The van der Waals surface area contributed by atoms with Gasteiger partial charge in [-0.3, -0.25) is 4.99 Å². The molecule has 0 atom stereocenters. The number of benzene rings is 1. The minimum atomic E-state index is 0. The van der Waals surface area contributed by atoms with Crippen LogP contribution in [0.25, 0.3) is 0 Å². The van der Waals surface area contributed by atoms with Crippen LogP contribution in [0.15, 0.2) is 35.3 Å². The van der Waals surface area contributed by atoms with E-state index in [0.717, 1.165) is 32.4 Å². The zero-order valence-electron chi connectivity index (χ0n) is 11.1. The van der Waals surface area contributed by atoms with Crippen molar-refractivity contribution in [3.05, 3.63) is 35.9 Å².